The first-order chi connectivity index (χ1) is 10.3. The molecule has 1 amide bonds. The molecule has 1 fully saturated rings. The Hall–Kier alpha value is -1.18. The average molecular weight is 317 g/mol. The molecule has 22 heavy (non-hydrogen) atoms. The van der Waals surface area contributed by atoms with E-state index in [0.717, 1.165) is 0 Å². The standard InChI is InChI=1S/C15H27NO6/c1-5-6-13(18)22-12-7-11(8-20-9(2)3)21-15(19)14(12)16-10(4)17/h9,11-12,14-15,19H,5-8H2,1-4H3,(H,16,17)/t11?,12-,14?,15?/m0/s1. The van der Waals surface area contributed by atoms with Crippen molar-refractivity contribution in [3.8, 4) is 0 Å². The second kappa shape index (κ2) is 9.07. The van der Waals surface area contributed by atoms with E-state index < -0.39 is 18.4 Å². The number of carbonyl (C=O) groups excluding carboxylic acids is 2. The molecule has 1 aliphatic heterocycles. The van der Waals surface area contributed by atoms with Crippen molar-refractivity contribution >= 4 is 11.9 Å². The van der Waals surface area contributed by atoms with Gasteiger partial charge in [0.1, 0.15) is 12.1 Å². The number of hydrogen-bond donors (Lipinski definition) is 2. The third-order valence-corrected chi connectivity index (χ3v) is 3.26. The van der Waals surface area contributed by atoms with Crippen molar-refractivity contribution in [3.05, 3.63) is 0 Å². The fourth-order valence-corrected chi connectivity index (χ4v) is 2.29. The number of ether oxygens (including phenoxy) is 3. The van der Waals surface area contributed by atoms with Crippen LogP contribution < -0.4 is 5.32 Å². The molecule has 0 bridgehead atoms. The molecular weight excluding hydrogens is 290 g/mol. The van der Waals surface area contributed by atoms with E-state index in [1.807, 2.05) is 20.8 Å². The molecule has 128 valence electrons. The molecule has 7 nitrogen and oxygen atoms in total. The summed E-state index contributed by atoms with van der Waals surface area (Å²) in [7, 11) is 0. The summed E-state index contributed by atoms with van der Waals surface area (Å²) in [5, 5.41) is 12.7. The maximum absolute atomic E-state index is 11.7. The van der Waals surface area contributed by atoms with Crippen molar-refractivity contribution in [1.82, 2.24) is 5.32 Å². The molecule has 0 aromatic carbocycles. The van der Waals surface area contributed by atoms with E-state index >= 15 is 0 Å². The summed E-state index contributed by atoms with van der Waals surface area (Å²) >= 11 is 0. The fraction of sp³-hybridized carbons (Fsp3) is 0.867. The Morgan fingerprint density at radius 1 is 1.41 bits per heavy atom. The first kappa shape index (κ1) is 18.9. The average Bonchev–Trinajstić information content (AvgIpc) is 2.40. The van der Waals surface area contributed by atoms with E-state index in [0.29, 0.717) is 25.9 Å². The molecule has 1 saturated heterocycles. The van der Waals surface area contributed by atoms with Crippen LogP contribution in [0.2, 0.25) is 0 Å². The zero-order valence-electron chi connectivity index (χ0n) is 13.7. The molecule has 2 N–H and O–H groups in total. The van der Waals surface area contributed by atoms with Crippen LogP contribution in [0.3, 0.4) is 0 Å². The van der Waals surface area contributed by atoms with Gasteiger partial charge in [0.2, 0.25) is 5.91 Å². The van der Waals surface area contributed by atoms with Crippen LogP contribution in [0, 0.1) is 0 Å². The lowest BCUT2D eigenvalue weighted by atomic mass is 9.99. The maximum atomic E-state index is 11.7. The van der Waals surface area contributed by atoms with Gasteiger partial charge in [-0.1, -0.05) is 6.92 Å². The third kappa shape index (κ3) is 6.29. The number of amides is 1. The van der Waals surface area contributed by atoms with Crippen molar-refractivity contribution in [2.75, 3.05) is 6.61 Å². The van der Waals surface area contributed by atoms with Crippen LogP contribution in [0.15, 0.2) is 0 Å². The number of aliphatic hydroxyl groups excluding tert-OH is 1. The van der Waals surface area contributed by atoms with Gasteiger partial charge in [-0.25, -0.2) is 0 Å². The Balaban J connectivity index is 2.71. The number of rotatable bonds is 7. The molecule has 1 aliphatic rings. The highest BCUT2D eigenvalue weighted by molar-refractivity contribution is 5.73. The van der Waals surface area contributed by atoms with Crippen LogP contribution in [-0.4, -0.2) is 54.2 Å². The van der Waals surface area contributed by atoms with Gasteiger partial charge >= 0.3 is 5.97 Å². The quantitative estimate of drug-likeness (QED) is 0.673. The van der Waals surface area contributed by atoms with E-state index in [9.17, 15) is 14.7 Å². The summed E-state index contributed by atoms with van der Waals surface area (Å²) in [6, 6.07) is -0.770. The van der Waals surface area contributed by atoms with Crippen molar-refractivity contribution in [1.29, 1.82) is 0 Å². The smallest absolute Gasteiger partial charge is 0.306 e. The Kier molecular flexibility index (Phi) is 7.78. The summed E-state index contributed by atoms with van der Waals surface area (Å²) in [5.41, 5.74) is 0. The minimum atomic E-state index is -1.24. The van der Waals surface area contributed by atoms with Gasteiger partial charge in [-0.2, -0.15) is 0 Å². The van der Waals surface area contributed by atoms with Crippen molar-refractivity contribution in [2.24, 2.45) is 0 Å². The first-order valence-electron chi connectivity index (χ1n) is 7.75. The van der Waals surface area contributed by atoms with Gasteiger partial charge in [0, 0.05) is 19.8 Å². The fourth-order valence-electron chi connectivity index (χ4n) is 2.29. The highest BCUT2D eigenvalue weighted by Crippen LogP contribution is 2.23. The van der Waals surface area contributed by atoms with Crippen molar-refractivity contribution < 1.29 is 28.9 Å². The molecule has 0 aromatic rings. The number of esters is 1. The zero-order valence-corrected chi connectivity index (χ0v) is 13.7. The summed E-state index contributed by atoms with van der Waals surface area (Å²) in [5.74, 6) is -0.665. The Morgan fingerprint density at radius 2 is 2.09 bits per heavy atom. The number of aliphatic hydroxyl groups is 1. The summed E-state index contributed by atoms with van der Waals surface area (Å²) in [6.45, 7) is 7.32. The SMILES string of the molecule is CCCC(=O)O[C@H]1CC(COC(C)C)OC(O)C1NC(C)=O. The lowest BCUT2D eigenvalue weighted by Gasteiger charge is -2.39. The van der Waals surface area contributed by atoms with Crippen LogP contribution >= 0.6 is 0 Å². The number of hydrogen-bond acceptors (Lipinski definition) is 6. The van der Waals surface area contributed by atoms with Gasteiger partial charge in [0.25, 0.3) is 0 Å². The Bertz CT molecular complexity index is 373. The maximum Gasteiger partial charge on any atom is 0.306 e. The molecular formula is C15H27NO6. The van der Waals surface area contributed by atoms with Gasteiger partial charge in [0.05, 0.1) is 18.8 Å². The predicted octanol–water partition coefficient (Wildman–Crippen LogP) is 0.735. The van der Waals surface area contributed by atoms with Gasteiger partial charge in [-0.3, -0.25) is 9.59 Å². The highest BCUT2D eigenvalue weighted by atomic mass is 16.6. The lowest BCUT2D eigenvalue weighted by molar-refractivity contribution is -0.226. The zero-order chi connectivity index (χ0) is 16.7. The van der Waals surface area contributed by atoms with E-state index in [-0.39, 0.29) is 24.1 Å². The third-order valence-electron chi connectivity index (χ3n) is 3.26. The van der Waals surface area contributed by atoms with Gasteiger partial charge in [-0.05, 0) is 20.3 Å². The van der Waals surface area contributed by atoms with Crippen molar-refractivity contribution in [2.45, 2.75) is 77.6 Å². The second-order valence-corrected chi connectivity index (χ2v) is 5.77. The van der Waals surface area contributed by atoms with Crippen LogP contribution in [-0.2, 0) is 23.8 Å². The molecule has 3 unspecified atom stereocenters. The molecule has 0 aromatic heterocycles. The van der Waals surface area contributed by atoms with Gasteiger partial charge in [0.15, 0.2) is 6.29 Å². The number of carbonyl (C=O) groups is 2. The van der Waals surface area contributed by atoms with Gasteiger partial charge in [-0.15, -0.1) is 0 Å². The lowest BCUT2D eigenvalue weighted by Crippen LogP contribution is -2.58. The van der Waals surface area contributed by atoms with E-state index in [1.54, 1.807) is 0 Å². The van der Waals surface area contributed by atoms with Gasteiger partial charge < -0.3 is 24.6 Å². The van der Waals surface area contributed by atoms with Crippen LogP contribution in [0.5, 0.6) is 0 Å². The van der Waals surface area contributed by atoms with E-state index in [1.165, 1.54) is 6.92 Å². The first-order valence-corrected chi connectivity index (χ1v) is 7.75. The van der Waals surface area contributed by atoms with E-state index in [4.69, 9.17) is 14.2 Å². The summed E-state index contributed by atoms with van der Waals surface area (Å²) in [6.07, 6.45) is -0.880. The molecule has 0 saturated carbocycles. The Labute approximate surface area is 131 Å². The predicted molar refractivity (Wildman–Crippen MR) is 79.0 cm³/mol. The molecule has 0 spiro atoms. The molecule has 0 radical (unpaired) electrons. The monoisotopic (exact) mass is 317 g/mol. The summed E-state index contributed by atoms with van der Waals surface area (Å²) in [4.78, 5) is 23.0. The molecule has 1 heterocycles. The summed E-state index contributed by atoms with van der Waals surface area (Å²) < 4.78 is 16.3. The van der Waals surface area contributed by atoms with Crippen molar-refractivity contribution in [3.63, 3.8) is 0 Å². The second-order valence-electron chi connectivity index (χ2n) is 5.77. The minimum Gasteiger partial charge on any atom is -0.460 e. The van der Waals surface area contributed by atoms with Crippen LogP contribution in [0.25, 0.3) is 0 Å². The van der Waals surface area contributed by atoms with E-state index in [2.05, 4.69) is 5.32 Å². The molecule has 7 heteroatoms. The highest BCUT2D eigenvalue weighted by Gasteiger charge is 2.40. The molecule has 4 atom stereocenters. The topological polar surface area (TPSA) is 94.1 Å². The van der Waals surface area contributed by atoms with Crippen LogP contribution in [0.1, 0.15) is 47.0 Å². The number of nitrogens with one attached hydrogen (secondary N) is 1. The largest absolute Gasteiger partial charge is 0.460 e. The molecule has 0 aliphatic carbocycles. The minimum absolute atomic E-state index is 0.0369. The molecule has 1 rings (SSSR count). The normalized spacial score (nSPS) is 28.5. The Morgan fingerprint density at radius 3 is 2.64 bits per heavy atom. The van der Waals surface area contributed by atoms with Crippen LogP contribution in [0.4, 0.5) is 0 Å².